The van der Waals surface area contributed by atoms with Crippen molar-refractivity contribution in [2.24, 2.45) is 5.92 Å². The third kappa shape index (κ3) is 5.56. The zero-order valence-electron chi connectivity index (χ0n) is 20.0. The van der Waals surface area contributed by atoms with Crippen molar-refractivity contribution in [1.29, 1.82) is 0 Å². The molecule has 0 spiro atoms. The van der Waals surface area contributed by atoms with Gasteiger partial charge in [-0.2, -0.15) is 4.98 Å². The molecule has 1 saturated carbocycles. The summed E-state index contributed by atoms with van der Waals surface area (Å²) in [6.45, 7) is 6.93. The molecule has 0 bridgehead atoms. The number of fused-ring (bicyclic) bond motifs is 1. The number of carbonyl (C=O) groups is 1. The van der Waals surface area contributed by atoms with Crippen LogP contribution in [0, 0.1) is 5.92 Å². The number of aromatic nitrogens is 3. The smallest absolute Gasteiger partial charge is 0.229 e. The molecule has 2 aromatic heterocycles. The van der Waals surface area contributed by atoms with Crippen molar-refractivity contribution < 1.29 is 4.79 Å². The number of benzene rings is 1. The minimum absolute atomic E-state index is 0.215. The highest BCUT2D eigenvalue weighted by atomic mass is 16.1. The number of hydrogen-bond acceptors (Lipinski definition) is 6. The minimum Gasteiger partial charge on any atom is -0.356 e. The van der Waals surface area contributed by atoms with Crippen molar-refractivity contribution in [3.63, 3.8) is 0 Å². The molecule has 34 heavy (non-hydrogen) atoms. The largest absolute Gasteiger partial charge is 0.356 e. The highest BCUT2D eigenvalue weighted by Gasteiger charge is 2.24. The van der Waals surface area contributed by atoms with E-state index in [0.29, 0.717) is 12.5 Å². The molecule has 2 N–H and O–H groups in total. The first-order chi connectivity index (χ1) is 16.6. The monoisotopic (exact) mass is 461 g/mol. The van der Waals surface area contributed by atoms with E-state index in [0.717, 1.165) is 75.3 Å². The average molecular weight is 462 g/mol. The number of nitrogens with zero attached hydrogens (tertiary/aromatic N) is 5. The third-order valence-corrected chi connectivity index (χ3v) is 7.04. The van der Waals surface area contributed by atoms with Crippen molar-refractivity contribution in [3.8, 4) is 0 Å². The zero-order chi connectivity index (χ0) is 23.3. The fourth-order valence-electron chi connectivity index (χ4n) is 4.63. The van der Waals surface area contributed by atoms with Gasteiger partial charge >= 0.3 is 0 Å². The molecule has 5 rings (SSSR count). The quantitative estimate of drug-likeness (QED) is 0.477. The normalized spacial score (nSPS) is 17.6. The lowest BCUT2D eigenvalue weighted by Crippen LogP contribution is -2.43. The molecule has 8 heteroatoms. The fraction of sp³-hybridized carbons (Fsp3) is 0.500. The van der Waals surface area contributed by atoms with Gasteiger partial charge in [0.15, 0.2) is 0 Å². The molecule has 1 aromatic carbocycles. The topological polar surface area (TPSA) is 78.3 Å². The van der Waals surface area contributed by atoms with Gasteiger partial charge in [-0.15, -0.1) is 0 Å². The van der Waals surface area contributed by atoms with E-state index in [1.165, 1.54) is 12.0 Å². The van der Waals surface area contributed by atoms with Crippen molar-refractivity contribution in [2.75, 3.05) is 45.1 Å². The predicted molar refractivity (Wildman–Crippen MR) is 135 cm³/mol. The van der Waals surface area contributed by atoms with Crippen LogP contribution in [0.4, 0.5) is 11.6 Å². The predicted octanol–water partition coefficient (Wildman–Crippen LogP) is 3.23. The van der Waals surface area contributed by atoms with Crippen LogP contribution in [0.3, 0.4) is 0 Å². The van der Waals surface area contributed by atoms with Gasteiger partial charge in [0.1, 0.15) is 5.65 Å². The molecule has 0 radical (unpaired) electrons. The van der Waals surface area contributed by atoms with E-state index in [1.807, 2.05) is 18.5 Å². The average Bonchev–Trinajstić information content (AvgIpc) is 3.20. The summed E-state index contributed by atoms with van der Waals surface area (Å²) in [6.07, 6.45) is 8.06. The summed E-state index contributed by atoms with van der Waals surface area (Å²) in [4.78, 5) is 26.2. The second-order valence-corrected chi connectivity index (χ2v) is 9.66. The number of anilines is 2. The Labute approximate surface area is 201 Å². The first-order valence-corrected chi connectivity index (χ1v) is 12.5. The first kappa shape index (κ1) is 22.8. The molecule has 1 aliphatic heterocycles. The Morgan fingerprint density at radius 1 is 1.15 bits per heavy atom. The summed E-state index contributed by atoms with van der Waals surface area (Å²) in [5.41, 5.74) is 3.21. The van der Waals surface area contributed by atoms with E-state index < -0.39 is 0 Å². The molecule has 0 unspecified atom stereocenters. The second kappa shape index (κ2) is 10.5. The number of amides is 1. The van der Waals surface area contributed by atoms with Crippen LogP contribution < -0.4 is 10.6 Å². The van der Waals surface area contributed by atoms with Gasteiger partial charge in [0.05, 0.1) is 0 Å². The molecule has 3 heterocycles. The third-order valence-electron chi connectivity index (χ3n) is 7.04. The van der Waals surface area contributed by atoms with Gasteiger partial charge < -0.3 is 20.1 Å². The molecule has 1 amide bonds. The molecule has 0 atom stereocenters. The van der Waals surface area contributed by atoms with Crippen LogP contribution in [-0.2, 0) is 17.9 Å². The standard InChI is InChI=1S/C26H35N7O/c1-31-13-15-32(16-14-31)19-20-5-2-8-23(17-20)29-26-28-18-22-9-12-33(24(22)30-26)11-4-10-27-25(34)21-6-3-7-21/h2,5,8-9,12,17-18,21H,3-4,6-7,10-11,13-16,19H2,1H3,(H,27,34)(H,28,29,30). The Bertz CT molecular complexity index is 1120. The summed E-state index contributed by atoms with van der Waals surface area (Å²) in [5.74, 6) is 1.06. The summed E-state index contributed by atoms with van der Waals surface area (Å²) in [5, 5.41) is 7.48. The van der Waals surface area contributed by atoms with E-state index in [-0.39, 0.29) is 11.8 Å². The molecule has 180 valence electrons. The molecular weight excluding hydrogens is 426 g/mol. The first-order valence-electron chi connectivity index (χ1n) is 12.5. The van der Waals surface area contributed by atoms with Crippen molar-refractivity contribution in [2.45, 2.75) is 38.8 Å². The summed E-state index contributed by atoms with van der Waals surface area (Å²) >= 11 is 0. The van der Waals surface area contributed by atoms with Gasteiger partial charge in [-0.05, 0) is 50.1 Å². The minimum atomic E-state index is 0.215. The van der Waals surface area contributed by atoms with E-state index >= 15 is 0 Å². The maximum Gasteiger partial charge on any atom is 0.229 e. The zero-order valence-corrected chi connectivity index (χ0v) is 20.0. The van der Waals surface area contributed by atoms with Crippen LogP contribution >= 0.6 is 0 Å². The number of nitrogens with one attached hydrogen (secondary N) is 2. The number of hydrogen-bond donors (Lipinski definition) is 2. The van der Waals surface area contributed by atoms with E-state index in [9.17, 15) is 4.79 Å². The molecule has 1 aliphatic carbocycles. The van der Waals surface area contributed by atoms with Crippen LogP contribution in [0.1, 0.15) is 31.2 Å². The van der Waals surface area contributed by atoms with E-state index in [4.69, 9.17) is 4.98 Å². The Kier molecular flexibility index (Phi) is 7.06. The van der Waals surface area contributed by atoms with Crippen LogP contribution in [0.15, 0.2) is 42.7 Å². The number of carbonyl (C=O) groups excluding carboxylic acids is 1. The highest BCUT2D eigenvalue weighted by Crippen LogP contribution is 2.26. The maximum absolute atomic E-state index is 12.0. The Hall–Kier alpha value is -2.97. The number of piperazine rings is 1. The summed E-state index contributed by atoms with van der Waals surface area (Å²) < 4.78 is 2.14. The van der Waals surface area contributed by atoms with E-state index in [2.05, 4.69) is 61.3 Å². The molecule has 3 aromatic rings. The van der Waals surface area contributed by atoms with Gasteiger partial charge in [0, 0.05) is 75.2 Å². The molecule has 1 saturated heterocycles. The van der Waals surface area contributed by atoms with Crippen molar-refractivity contribution in [3.05, 3.63) is 48.3 Å². The highest BCUT2D eigenvalue weighted by molar-refractivity contribution is 5.79. The summed E-state index contributed by atoms with van der Waals surface area (Å²) in [6, 6.07) is 10.6. The number of rotatable bonds is 9. The number of aryl methyl sites for hydroxylation is 1. The van der Waals surface area contributed by atoms with Crippen LogP contribution in [0.2, 0.25) is 0 Å². The van der Waals surface area contributed by atoms with Gasteiger partial charge in [0.25, 0.3) is 0 Å². The van der Waals surface area contributed by atoms with Gasteiger partial charge in [-0.1, -0.05) is 18.6 Å². The summed E-state index contributed by atoms with van der Waals surface area (Å²) in [7, 11) is 2.18. The molecule has 2 fully saturated rings. The van der Waals surface area contributed by atoms with Crippen LogP contribution in [-0.4, -0.2) is 70.0 Å². The Morgan fingerprint density at radius 2 is 2.00 bits per heavy atom. The van der Waals surface area contributed by atoms with Gasteiger partial charge in [0.2, 0.25) is 11.9 Å². The van der Waals surface area contributed by atoms with Crippen LogP contribution in [0.5, 0.6) is 0 Å². The Balaban J connectivity index is 1.18. The van der Waals surface area contributed by atoms with E-state index in [1.54, 1.807) is 0 Å². The molecule has 8 nitrogen and oxygen atoms in total. The molecular formula is C26H35N7O. The second-order valence-electron chi connectivity index (χ2n) is 9.66. The number of likely N-dealkylation sites (N-methyl/N-ethyl adjacent to an activating group) is 1. The Morgan fingerprint density at radius 3 is 2.79 bits per heavy atom. The van der Waals surface area contributed by atoms with Gasteiger partial charge in [-0.3, -0.25) is 9.69 Å². The van der Waals surface area contributed by atoms with Crippen molar-refractivity contribution in [1.82, 2.24) is 29.7 Å². The maximum atomic E-state index is 12.0. The molecule has 2 aliphatic rings. The fourth-order valence-corrected chi connectivity index (χ4v) is 4.63. The lowest BCUT2D eigenvalue weighted by molar-refractivity contribution is -0.127. The SMILES string of the molecule is CN1CCN(Cc2cccc(Nc3ncc4ccn(CCCNC(=O)C5CCC5)c4n3)c2)CC1. The van der Waals surface area contributed by atoms with Crippen LogP contribution in [0.25, 0.3) is 11.0 Å². The van der Waals surface area contributed by atoms with Gasteiger partial charge in [-0.25, -0.2) is 4.98 Å². The van der Waals surface area contributed by atoms with Crippen molar-refractivity contribution >= 4 is 28.6 Å². The lowest BCUT2D eigenvalue weighted by atomic mass is 9.85. The lowest BCUT2D eigenvalue weighted by Gasteiger charge is -2.32.